The number of benzene rings is 1. The Morgan fingerprint density at radius 1 is 1.00 bits per heavy atom. The molecule has 0 spiro atoms. The van der Waals surface area contributed by atoms with Crippen molar-refractivity contribution in [2.45, 2.75) is 0 Å². The van der Waals surface area contributed by atoms with E-state index in [9.17, 15) is 14.4 Å². The quantitative estimate of drug-likeness (QED) is 0.787. The van der Waals surface area contributed by atoms with Gasteiger partial charge in [-0.3, -0.25) is 14.5 Å². The van der Waals surface area contributed by atoms with E-state index < -0.39 is 0 Å². The molecule has 0 atom stereocenters. The number of Topliss-reactive ketones (excluding diaryl/α,β-unsaturated/α-hetero) is 2. The SMILES string of the molecule is O=CCN1CCN(C2=C(Cl)C(=O)c3ccccc3C2=O)CC1. The van der Waals surface area contributed by atoms with Gasteiger partial charge in [-0.25, -0.2) is 0 Å². The highest BCUT2D eigenvalue weighted by atomic mass is 35.5. The highest BCUT2D eigenvalue weighted by Crippen LogP contribution is 2.30. The molecule has 0 amide bonds. The number of ketones is 2. The third-order valence-electron chi connectivity index (χ3n) is 4.06. The Morgan fingerprint density at radius 3 is 2.18 bits per heavy atom. The molecule has 0 radical (unpaired) electrons. The summed E-state index contributed by atoms with van der Waals surface area (Å²) in [6.07, 6.45) is 0.868. The summed E-state index contributed by atoms with van der Waals surface area (Å²) < 4.78 is 0. The molecule has 5 nitrogen and oxygen atoms in total. The molecule has 1 fully saturated rings. The van der Waals surface area contributed by atoms with E-state index in [0.29, 0.717) is 43.9 Å². The molecule has 0 unspecified atom stereocenters. The van der Waals surface area contributed by atoms with Gasteiger partial charge in [-0.2, -0.15) is 0 Å². The van der Waals surface area contributed by atoms with Gasteiger partial charge < -0.3 is 9.69 Å². The lowest BCUT2D eigenvalue weighted by atomic mass is 9.91. The van der Waals surface area contributed by atoms with Crippen LogP contribution in [0, 0.1) is 0 Å². The van der Waals surface area contributed by atoms with Crippen molar-refractivity contribution in [2.24, 2.45) is 0 Å². The molecule has 0 aromatic heterocycles. The summed E-state index contributed by atoms with van der Waals surface area (Å²) in [7, 11) is 0. The van der Waals surface area contributed by atoms with Crippen molar-refractivity contribution in [3.05, 3.63) is 46.1 Å². The minimum Gasteiger partial charge on any atom is -0.364 e. The Balaban J connectivity index is 1.88. The fourth-order valence-electron chi connectivity index (χ4n) is 2.87. The van der Waals surface area contributed by atoms with Crippen molar-refractivity contribution < 1.29 is 14.4 Å². The maximum atomic E-state index is 12.7. The van der Waals surface area contributed by atoms with Crippen LogP contribution in [0.3, 0.4) is 0 Å². The van der Waals surface area contributed by atoms with Crippen LogP contribution in [0.4, 0.5) is 0 Å². The van der Waals surface area contributed by atoms with Crippen LogP contribution in [0.25, 0.3) is 0 Å². The number of aldehydes is 1. The number of carbonyl (C=O) groups is 3. The van der Waals surface area contributed by atoms with Gasteiger partial charge in [0.1, 0.15) is 17.0 Å². The van der Waals surface area contributed by atoms with E-state index >= 15 is 0 Å². The summed E-state index contributed by atoms with van der Waals surface area (Å²) in [5, 5.41) is -0.00691. The van der Waals surface area contributed by atoms with Gasteiger partial charge in [0.2, 0.25) is 11.6 Å². The van der Waals surface area contributed by atoms with Gasteiger partial charge in [-0.05, 0) is 0 Å². The summed E-state index contributed by atoms with van der Waals surface area (Å²) >= 11 is 6.18. The van der Waals surface area contributed by atoms with Crippen molar-refractivity contribution in [3.8, 4) is 0 Å². The molecule has 2 aliphatic rings. The van der Waals surface area contributed by atoms with Gasteiger partial charge in [0.15, 0.2) is 0 Å². The smallest absolute Gasteiger partial charge is 0.211 e. The number of halogens is 1. The third kappa shape index (κ3) is 2.46. The zero-order valence-electron chi connectivity index (χ0n) is 11.9. The highest BCUT2D eigenvalue weighted by Gasteiger charge is 2.35. The number of allylic oxidation sites excluding steroid dienone is 2. The fourth-order valence-corrected chi connectivity index (χ4v) is 3.18. The summed E-state index contributed by atoms with van der Waals surface area (Å²) in [5.74, 6) is -0.508. The molecule has 22 heavy (non-hydrogen) atoms. The van der Waals surface area contributed by atoms with Gasteiger partial charge in [0.05, 0.1) is 6.54 Å². The zero-order chi connectivity index (χ0) is 15.7. The Bertz CT molecular complexity index is 676. The van der Waals surface area contributed by atoms with Crippen molar-refractivity contribution in [2.75, 3.05) is 32.7 Å². The first-order valence-corrected chi connectivity index (χ1v) is 7.50. The molecule has 0 saturated carbocycles. The first-order valence-electron chi connectivity index (χ1n) is 7.12. The monoisotopic (exact) mass is 318 g/mol. The van der Waals surface area contributed by atoms with E-state index in [4.69, 9.17) is 11.6 Å². The maximum Gasteiger partial charge on any atom is 0.211 e. The number of nitrogens with zero attached hydrogens (tertiary/aromatic N) is 2. The average molecular weight is 319 g/mol. The van der Waals surface area contributed by atoms with Crippen molar-refractivity contribution >= 4 is 29.5 Å². The van der Waals surface area contributed by atoms with E-state index in [2.05, 4.69) is 0 Å². The zero-order valence-corrected chi connectivity index (χ0v) is 12.7. The number of fused-ring (bicyclic) bond motifs is 1. The largest absolute Gasteiger partial charge is 0.364 e. The Morgan fingerprint density at radius 2 is 1.59 bits per heavy atom. The normalized spacial score (nSPS) is 19.4. The Hall–Kier alpha value is -1.98. The van der Waals surface area contributed by atoms with Crippen LogP contribution in [0.5, 0.6) is 0 Å². The number of piperazine rings is 1. The average Bonchev–Trinajstić information content (AvgIpc) is 2.55. The Labute approximate surface area is 133 Å². The topological polar surface area (TPSA) is 57.7 Å². The fraction of sp³-hybridized carbons (Fsp3) is 0.312. The number of carbonyl (C=O) groups excluding carboxylic acids is 3. The Kier molecular flexibility index (Phi) is 4.09. The lowest BCUT2D eigenvalue weighted by molar-refractivity contribution is -0.109. The van der Waals surface area contributed by atoms with E-state index in [-0.39, 0.29) is 22.3 Å². The van der Waals surface area contributed by atoms with Crippen LogP contribution in [0.1, 0.15) is 20.7 Å². The first kappa shape index (κ1) is 14.9. The van der Waals surface area contributed by atoms with Gasteiger partial charge in [-0.1, -0.05) is 35.9 Å². The molecule has 1 aromatic rings. The number of hydrogen-bond acceptors (Lipinski definition) is 5. The molecule has 1 saturated heterocycles. The standard InChI is InChI=1S/C16H15ClN2O3/c17-13-14(19-7-5-18(6-8-19)9-10-20)16(22)12-4-2-1-3-11(12)15(13)21/h1-4,10H,5-9H2. The molecular formula is C16H15ClN2O3. The molecule has 114 valence electrons. The van der Waals surface area contributed by atoms with E-state index in [0.717, 1.165) is 6.29 Å². The lowest BCUT2D eigenvalue weighted by Gasteiger charge is -2.37. The lowest BCUT2D eigenvalue weighted by Crippen LogP contribution is -2.48. The van der Waals surface area contributed by atoms with E-state index in [1.165, 1.54) is 0 Å². The minimum atomic E-state index is -0.304. The summed E-state index contributed by atoms with van der Waals surface area (Å²) in [6, 6.07) is 6.73. The molecule has 6 heteroatoms. The summed E-state index contributed by atoms with van der Waals surface area (Å²) in [5.41, 5.74) is 1.05. The second kappa shape index (κ2) is 6.02. The molecular weight excluding hydrogens is 304 g/mol. The second-order valence-corrected chi connectivity index (χ2v) is 5.70. The predicted octanol–water partition coefficient (Wildman–Crippen LogP) is 1.33. The second-order valence-electron chi connectivity index (χ2n) is 5.32. The molecule has 1 heterocycles. The van der Waals surface area contributed by atoms with Crippen LogP contribution >= 0.6 is 11.6 Å². The van der Waals surface area contributed by atoms with Crippen LogP contribution in [0.2, 0.25) is 0 Å². The van der Waals surface area contributed by atoms with Crippen molar-refractivity contribution in [3.63, 3.8) is 0 Å². The summed E-state index contributed by atoms with van der Waals surface area (Å²) in [6.45, 7) is 2.85. The van der Waals surface area contributed by atoms with E-state index in [1.54, 1.807) is 24.3 Å². The molecule has 0 bridgehead atoms. The number of rotatable bonds is 3. The number of hydrogen-bond donors (Lipinski definition) is 0. The van der Waals surface area contributed by atoms with Crippen LogP contribution in [-0.2, 0) is 4.79 Å². The summed E-state index contributed by atoms with van der Waals surface area (Å²) in [4.78, 5) is 39.4. The van der Waals surface area contributed by atoms with Gasteiger partial charge in [0.25, 0.3) is 0 Å². The van der Waals surface area contributed by atoms with Gasteiger partial charge in [0, 0.05) is 37.3 Å². The van der Waals surface area contributed by atoms with Crippen molar-refractivity contribution in [1.82, 2.24) is 9.80 Å². The third-order valence-corrected chi connectivity index (χ3v) is 4.41. The highest BCUT2D eigenvalue weighted by molar-refractivity contribution is 6.49. The molecule has 3 rings (SSSR count). The van der Waals surface area contributed by atoms with Crippen LogP contribution in [-0.4, -0.2) is 60.4 Å². The van der Waals surface area contributed by atoms with Gasteiger partial charge >= 0.3 is 0 Å². The van der Waals surface area contributed by atoms with Crippen LogP contribution < -0.4 is 0 Å². The predicted molar refractivity (Wildman–Crippen MR) is 82.1 cm³/mol. The van der Waals surface area contributed by atoms with Gasteiger partial charge in [-0.15, -0.1) is 0 Å². The maximum absolute atomic E-state index is 12.7. The van der Waals surface area contributed by atoms with E-state index in [1.807, 2.05) is 9.80 Å². The molecule has 1 aliphatic heterocycles. The van der Waals surface area contributed by atoms with Crippen LogP contribution in [0.15, 0.2) is 35.0 Å². The molecule has 1 aromatic carbocycles. The molecule has 1 aliphatic carbocycles. The minimum absolute atomic E-state index is 0.00691. The van der Waals surface area contributed by atoms with Crippen molar-refractivity contribution in [1.29, 1.82) is 0 Å². The first-order chi connectivity index (χ1) is 10.6. The molecule has 0 N–H and O–H groups in total.